The first kappa shape index (κ1) is 13.6. The van der Waals surface area contributed by atoms with Crippen molar-refractivity contribution >= 4 is 23.1 Å². The molecule has 1 unspecified atom stereocenters. The zero-order chi connectivity index (χ0) is 12.8. The fraction of sp³-hybridized carbons (Fsp3) is 0.417. The van der Waals surface area contributed by atoms with Crippen molar-refractivity contribution < 1.29 is 4.79 Å². The standard InChI is InChI=1S/C12H17N3OS/c1-3-10(11(13)17)12(16)15(2)8-9-4-6-14-7-5-9/h4-7,10H,3,8H2,1-2H3,(H2,13,17). The molecule has 1 rings (SSSR count). The average Bonchev–Trinajstić information content (AvgIpc) is 2.30. The molecule has 1 aromatic rings. The second kappa shape index (κ2) is 6.30. The maximum Gasteiger partial charge on any atom is 0.232 e. The zero-order valence-corrected chi connectivity index (χ0v) is 10.9. The zero-order valence-electron chi connectivity index (χ0n) is 10.1. The summed E-state index contributed by atoms with van der Waals surface area (Å²) in [6.07, 6.45) is 4.05. The number of carbonyl (C=O) groups is 1. The average molecular weight is 251 g/mol. The molecule has 0 aromatic carbocycles. The van der Waals surface area contributed by atoms with Gasteiger partial charge < -0.3 is 10.6 Å². The Morgan fingerprint density at radius 3 is 2.59 bits per heavy atom. The van der Waals surface area contributed by atoms with Crippen LogP contribution in [0.5, 0.6) is 0 Å². The van der Waals surface area contributed by atoms with Crippen LogP contribution in [0.1, 0.15) is 18.9 Å². The van der Waals surface area contributed by atoms with Crippen LogP contribution in [0.15, 0.2) is 24.5 Å². The molecule has 4 nitrogen and oxygen atoms in total. The molecule has 2 N–H and O–H groups in total. The number of nitrogens with two attached hydrogens (primary N) is 1. The number of hydrogen-bond acceptors (Lipinski definition) is 3. The van der Waals surface area contributed by atoms with Crippen molar-refractivity contribution in [2.75, 3.05) is 7.05 Å². The SMILES string of the molecule is CCC(C(=O)N(C)Cc1ccncc1)C(N)=S. The summed E-state index contributed by atoms with van der Waals surface area (Å²) < 4.78 is 0. The summed E-state index contributed by atoms with van der Waals surface area (Å²) in [6.45, 7) is 2.45. The molecule has 1 aromatic heterocycles. The molecule has 0 saturated carbocycles. The number of pyridine rings is 1. The largest absolute Gasteiger partial charge is 0.393 e. The van der Waals surface area contributed by atoms with Crippen LogP contribution in [0.25, 0.3) is 0 Å². The van der Waals surface area contributed by atoms with Gasteiger partial charge in [-0.3, -0.25) is 9.78 Å². The molecular formula is C12H17N3OS. The highest BCUT2D eigenvalue weighted by Gasteiger charge is 2.22. The van der Waals surface area contributed by atoms with Gasteiger partial charge in [0.25, 0.3) is 0 Å². The van der Waals surface area contributed by atoms with Gasteiger partial charge in [-0.15, -0.1) is 0 Å². The number of amides is 1. The Bertz CT molecular complexity index is 394. The summed E-state index contributed by atoms with van der Waals surface area (Å²) in [6, 6.07) is 3.76. The van der Waals surface area contributed by atoms with E-state index in [2.05, 4.69) is 4.98 Å². The van der Waals surface area contributed by atoms with E-state index in [9.17, 15) is 4.79 Å². The number of rotatable bonds is 5. The van der Waals surface area contributed by atoms with Crippen LogP contribution >= 0.6 is 12.2 Å². The highest BCUT2D eigenvalue weighted by Crippen LogP contribution is 2.10. The monoisotopic (exact) mass is 251 g/mol. The van der Waals surface area contributed by atoms with Crippen molar-refractivity contribution in [3.63, 3.8) is 0 Å². The first-order chi connectivity index (χ1) is 8.06. The Morgan fingerprint density at radius 2 is 2.12 bits per heavy atom. The normalized spacial score (nSPS) is 11.9. The summed E-state index contributed by atoms with van der Waals surface area (Å²) in [5.74, 6) is -0.395. The fourth-order valence-corrected chi connectivity index (χ4v) is 1.87. The second-order valence-electron chi connectivity index (χ2n) is 3.91. The minimum absolute atomic E-state index is 0.0307. The molecule has 0 saturated heterocycles. The molecule has 0 aliphatic rings. The Labute approximate surface area is 107 Å². The Morgan fingerprint density at radius 1 is 1.53 bits per heavy atom. The van der Waals surface area contributed by atoms with Crippen LogP contribution in [0.3, 0.4) is 0 Å². The van der Waals surface area contributed by atoms with Gasteiger partial charge in [0.2, 0.25) is 5.91 Å². The lowest BCUT2D eigenvalue weighted by molar-refractivity contribution is -0.132. The summed E-state index contributed by atoms with van der Waals surface area (Å²) in [4.78, 5) is 17.9. The molecule has 0 fully saturated rings. The van der Waals surface area contributed by atoms with Crippen molar-refractivity contribution in [1.29, 1.82) is 0 Å². The van der Waals surface area contributed by atoms with E-state index in [4.69, 9.17) is 18.0 Å². The molecule has 1 amide bonds. The van der Waals surface area contributed by atoms with Crippen LogP contribution in [0.2, 0.25) is 0 Å². The molecule has 0 aliphatic heterocycles. The summed E-state index contributed by atoms with van der Waals surface area (Å²) >= 11 is 4.90. The van der Waals surface area contributed by atoms with E-state index < -0.39 is 0 Å². The molecule has 0 aliphatic carbocycles. The Kier molecular flexibility index (Phi) is 5.03. The molecule has 1 heterocycles. The maximum absolute atomic E-state index is 12.1. The van der Waals surface area contributed by atoms with Gasteiger partial charge in [0.15, 0.2) is 0 Å². The topological polar surface area (TPSA) is 59.2 Å². The quantitative estimate of drug-likeness (QED) is 0.803. The lowest BCUT2D eigenvalue weighted by Gasteiger charge is -2.22. The van der Waals surface area contributed by atoms with Gasteiger partial charge in [0.05, 0.1) is 10.9 Å². The minimum Gasteiger partial charge on any atom is -0.393 e. The van der Waals surface area contributed by atoms with Crippen molar-refractivity contribution in [3.8, 4) is 0 Å². The third-order valence-corrected chi connectivity index (χ3v) is 2.88. The smallest absolute Gasteiger partial charge is 0.232 e. The van der Waals surface area contributed by atoms with Crippen molar-refractivity contribution in [2.45, 2.75) is 19.9 Å². The highest BCUT2D eigenvalue weighted by atomic mass is 32.1. The number of nitrogens with zero attached hydrogens (tertiary/aromatic N) is 2. The number of thiocarbonyl (C=S) groups is 1. The molecule has 17 heavy (non-hydrogen) atoms. The molecule has 1 atom stereocenters. The maximum atomic E-state index is 12.1. The van der Waals surface area contributed by atoms with Crippen molar-refractivity contribution in [3.05, 3.63) is 30.1 Å². The van der Waals surface area contributed by atoms with E-state index in [1.54, 1.807) is 24.3 Å². The van der Waals surface area contributed by atoms with E-state index in [0.717, 1.165) is 5.56 Å². The van der Waals surface area contributed by atoms with E-state index >= 15 is 0 Å². The van der Waals surface area contributed by atoms with Crippen LogP contribution in [-0.2, 0) is 11.3 Å². The highest BCUT2D eigenvalue weighted by molar-refractivity contribution is 7.80. The summed E-state index contributed by atoms with van der Waals surface area (Å²) in [5.41, 5.74) is 6.59. The first-order valence-corrected chi connectivity index (χ1v) is 5.90. The van der Waals surface area contributed by atoms with E-state index in [1.807, 2.05) is 19.1 Å². The molecule has 0 bridgehead atoms. The first-order valence-electron chi connectivity index (χ1n) is 5.49. The van der Waals surface area contributed by atoms with Gasteiger partial charge in [0, 0.05) is 26.0 Å². The van der Waals surface area contributed by atoms with Crippen LogP contribution in [-0.4, -0.2) is 27.8 Å². The lowest BCUT2D eigenvalue weighted by atomic mass is 10.1. The molecule has 5 heteroatoms. The van der Waals surface area contributed by atoms with Crippen LogP contribution in [0.4, 0.5) is 0 Å². The number of aromatic nitrogens is 1. The van der Waals surface area contributed by atoms with Gasteiger partial charge in [-0.2, -0.15) is 0 Å². The van der Waals surface area contributed by atoms with Crippen LogP contribution < -0.4 is 5.73 Å². The lowest BCUT2D eigenvalue weighted by Crippen LogP contribution is -2.38. The minimum atomic E-state index is -0.364. The van der Waals surface area contributed by atoms with Gasteiger partial charge >= 0.3 is 0 Å². The van der Waals surface area contributed by atoms with Crippen molar-refractivity contribution in [1.82, 2.24) is 9.88 Å². The predicted octanol–water partition coefficient (Wildman–Crippen LogP) is 1.35. The second-order valence-corrected chi connectivity index (χ2v) is 4.38. The van der Waals surface area contributed by atoms with Gasteiger partial charge in [-0.05, 0) is 24.1 Å². The Hall–Kier alpha value is -1.49. The van der Waals surface area contributed by atoms with Crippen molar-refractivity contribution in [2.24, 2.45) is 11.7 Å². The molecule has 0 radical (unpaired) electrons. The Balaban J connectivity index is 2.67. The fourth-order valence-electron chi connectivity index (χ4n) is 1.60. The molecule has 92 valence electrons. The van der Waals surface area contributed by atoms with Crippen LogP contribution in [0, 0.1) is 5.92 Å². The number of hydrogen-bond donors (Lipinski definition) is 1. The summed E-state index contributed by atoms with van der Waals surface area (Å²) in [7, 11) is 1.75. The van der Waals surface area contributed by atoms with Gasteiger partial charge in [0.1, 0.15) is 0 Å². The third kappa shape index (κ3) is 3.78. The third-order valence-electron chi connectivity index (χ3n) is 2.60. The molecule has 0 spiro atoms. The van der Waals surface area contributed by atoms with Gasteiger partial charge in [-0.1, -0.05) is 19.1 Å². The van der Waals surface area contributed by atoms with Gasteiger partial charge in [-0.25, -0.2) is 0 Å². The number of carbonyl (C=O) groups excluding carboxylic acids is 1. The summed E-state index contributed by atoms with van der Waals surface area (Å²) in [5, 5.41) is 0. The predicted molar refractivity (Wildman–Crippen MR) is 71.3 cm³/mol. The van der Waals surface area contributed by atoms with E-state index in [0.29, 0.717) is 13.0 Å². The molecular weight excluding hydrogens is 234 g/mol. The van der Waals surface area contributed by atoms with E-state index in [1.165, 1.54) is 0 Å². The van der Waals surface area contributed by atoms with E-state index in [-0.39, 0.29) is 16.8 Å².